The molecule has 0 radical (unpaired) electrons. The highest BCUT2D eigenvalue weighted by Gasteiger charge is 2.28. The van der Waals surface area contributed by atoms with Gasteiger partial charge >= 0.3 is 0 Å². The summed E-state index contributed by atoms with van der Waals surface area (Å²) in [6.45, 7) is 1.11. The van der Waals surface area contributed by atoms with Crippen LogP contribution in [0.5, 0.6) is 0 Å². The molecule has 0 bridgehead atoms. The maximum atomic E-state index is 12.4. The molecule has 1 N–H and O–H groups in total. The van der Waals surface area contributed by atoms with Crippen molar-refractivity contribution in [2.75, 3.05) is 18.5 Å². The van der Waals surface area contributed by atoms with Gasteiger partial charge in [-0.3, -0.25) is 15.0 Å². The molecule has 7 nitrogen and oxygen atoms in total. The Balaban J connectivity index is 1.54. The van der Waals surface area contributed by atoms with E-state index in [1.165, 1.54) is 17.3 Å². The molecule has 120 valence electrons. The summed E-state index contributed by atoms with van der Waals surface area (Å²) in [5, 5.41) is 7.87. The van der Waals surface area contributed by atoms with E-state index in [2.05, 4.69) is 15.6 Å². The van der Waals surface area contributed by atoms with Gasteiger partial charge in [-0.25, -0.2) is 4.68 Å². The smallest absolute Gasteiger partial charge is 0.253 e. The molecule has 1 aliphatic heterocycles. The van der Waals surface area contributed by atoms with Crippen LogP contribution in [0, 0.1) is 5.92 Å². The van der Waals surface area contributed by atoms with Crippen LogP contribution in [-0.4, -0.2) is 44.7 Å². The van der Waals surface area contributed by atoms with Gasteiger partial charge in [-0.05, 0) is 37.1 Å². The summed E-state index contributed by atoms with van der Waals surface area (Å²) in [6, 6.07) is 6.84. The predicted molar refractivity (Wildman–Crippen MR) is 84.5 cm³/mol. The van der Waals surface area contributed by atoms with Gasteiger partial charge in [0.05, 0.1) is 0 Å². The second-order valence-electron chi connectivity index (χ2n) is 5.42. The van der Waals surface area contributed by atoms with Crippen LogP contribution in [0.4, 0.5) is 0 Å². The van der Waals surface area contributed by atoms with E-state index in [0.717, 1.165) is 0 Å². The lowest BCUT2D eigenvalue weighted by atomic mass is 9.95. The Labute approximate surface area is 138 Å². The maximum absolute atomic E-state index is 12.4. The van der Waals surface area contributed by atoms with Crippen molar-refractivity contribution in [1.29, 1.82) is 0 Å². The lowest BCUT2D eigenvalue weighted by molar-refractivity contribution is -0.122. The van der Waals surface area contributed by atoms with Gasteiger partial charge in [0, 0.05) is 29.6 Å². The minimum atomic E-state index is -0.119. The molecule has 23 heavy (non-hydrogen) atoms. The van der Waals surface area contributed by atoms with Crippen molar-refractivity contribution in [2.24, 2.45) is 5.92 Å². The number of hydrogen-bond acceptors (Lipinski definition) is 4. The van der Waals surface area contributed by atoms with Crippen molar-refractivity contribution in [2.45, 2.75) is 12.8 Å². The fourth-order valence-electron chi connectivity index (χ4n) is 2.60. The molecule has 1 aromatic carbocycles. The van der Waals surface area contributed by atoms with Crippen molar-refractivity contribution in [1.82, 2.24) is 19.8 Å². The van der Waals surface area contributed by atoms with Crippen LogP contribution in [0.1, 0.15) is 23.2 Å². The fraction of sp³-hybridized carbons (Fsp3) is 0.333. The zero-order valence-corrected chi connectivity index (χ0v) is 13.1. The molecule has 2 aromatic rings. The van der Waals surface area contributed by atoms with Crippen LogP contribution in [0.25, 0.3) is 0 Å². The first kappa shape index (κ1) is 15.5. The predicted octanol–water partition coefficient (Wildman–Crippen LogP) is 1.55. The first-order valence-electron chi connectivity index (χ1n) is 7.34. The number of aromatic nitrogens is 3. The molecule has 2 amide bonds. The second-order valence-corrected chi connectivity index (χ2v) is 5.86. The lowest BCUT2D eigenvalue weighted by Crippen LogP contribution is -2.42. The van der Waals surface area contributed by atoms with Crippen molar-refractivity contribution in [3.63, 3.8) is 0 Å². The third-order valence-corrected chi connectivity index (χ3v) is 4.15. The van der Waals surface area contributed by atoms with E-state index in [1.54, 1.807) is 29.2 Å². The van der Waals surface area contributed by atoms with Gasteiger partial charge < -0.3 is 4.90 Å². The monoisotopic (exact) mass is 333 g/mol. The number of nitrogens with zero attached hydrogens (tertiary/aromatic N) is 4. The molecular weight excluding hydrogens is 318 g/mol. The zero-order chi connectivity index (χ0) is 16.2. The Morgan fingerprint density at radius 2 is 1.70 bits per heavy atom. The standard InChI is InChI=1S/C15H16ClN5O2/c16-13-3-1-12(2-4-13)15(23)20-7-5-11(6-8-20)14(22)19-21-9-17-18-10-21/h1-4,9-11H,5-8H2,(H,19,22). The summed E-state index contributed by atoms with van der Waals surface area (Å²) in [6.07, 6.45) is 4.12. The molecule has 0 saturated carbocycles. The average molecular weight is 334 g/mol. The van der Waals surface area contributed by atoms with E-state index in [1.807, 2.05) is 0 Å². The van der Waals surface area contributed by atoms with E-state index < -0.39 is 0 Å². The Hall–Kier alpha value is -2.41. The number of hydrogen-bond donors (Lipinski definition) is 1. The molecule has 0 unspecified atom stereocenters. The molecule has 2 heterocycles. The SMILES string of the molecule is O=C(Nn1cnnc1)C1CCN(C(=O)c2ccc(Cl)cc2)CC1. The first-order valence-corrected chi connectivity index (χ1v) is 7.71. The number of carbonyl (C=O) groups is 2. The van der Waals surface area contributed by atoms with Crippen molar-refractivity contribution >= 4 is 23.4 Å². The normalized spacial score (nSPS) is 15.4. The summed E-state index contributed by atoms with van der Waals surface area (Å²) in [7, 11) is 0. The van der Waals surface area contributed by atoms with Gasteiger partial charge in [-0.2, -0.15) is 0 Å². The summed E-state index contributed by atoms with van der Waals surface area (Å²) in [4.78, 5) is 26.3. The molecule has 0 aliphatic carbocycles. The van der Waals surface area contributed by atoms with Gasteiger partial charge in [0.1, 0.15) is 12.7 Å². The van der Waals surface area contributed by atoms with Gasteiger partial charge in [0.25, 0.3) is 5.91 Å². The van der Waals surface area contributed by atoms with Crippen molar-refractivity contribution < 1.29 is 9.59 Å². The number of amides is 2. The summed E-state index contributed by atoms with van der Waals surface area (Å²) >= 11 is 5.83. The van der Waals surface area contributed by atoms with Gasteiger partial charge in [0.15, 0.2) is 0 Å². The molecule has 3 rings (SSSR count). The first-order chi connectivity index (χ1) is 11.1. The van der Waals surface area contributed by atoms with E-state index in [9.17, 15) is 9.59 Å². The largest absolute Gasteiger partial charge is 0.339 e. The molecule has 0 atom stereocenters. The molecule has 0 spiro atoms. The molecular formula is C15H16ClN5O2. The van der Waals surface area contributed by atoms with Crippen LogP contribution in [-0.2, 0) is 4.79 Å². The number of nitrogens with one attached hydrogen (secondary N) is 1. The van der Waals surface area contributed by atoms with Crippen LogP contribution in [0.3, 0.4) is 0 Å². The minimum Gasteiger partial charge on any atom is -0.339 e. The van der Waals surface area contributed by atoms with Crippen molar-refractivity contribution in [3.05, 3.63) is 47.5 Å². The van der Waals surface area contributed by atoms with E-state index in [-0.39, 0.29) is 17.7 Å². The van der Waals surface area contributed by atoms with Gasteiger partial charge in [0.2, 0.25) is 5.91 Å². The average Bonchev–Trinajstić information content (AvgIpc) is 3.08. The van der Waals surface area contributed by atoms with Crippen molar-refractivity contribution in [3.8, 4) is 0 Å². The molecule has 8 heteroatoms. The summed E-state index contributed by atoms with van der Waals surface area (Å²) in [5.41, 5.74) is 3.32. The Morgan fingerprint density at radius 3 is 2.30 bits per heavy atom. The highest BCUT2D eigenvalue weighted by molar-refractivity contribution is 6.30. The number of halogens is 1. The fourth-order valence-corrected chi connectivity index (χ4v) is 2.72. The molecule has 1 aromatic heterocycles. The Kier molecular flexibility index (Phi) is 4.57. The lowest BCUT2D eigenvalue weighted by Gasteiger charge is -2.31. The number of carbonyl (C=O) groups excluding carboxylic acids is 2. The topological polar surface area (TPSA) is 80.1 Å². The Bertz CT molecular complexity index is 678. The number of benzene rings is 1. The number of likely N-dealkylation sites (tertiary alicyclic amines) is 1. The third-order valence-electron chi connectivity index (χ3n) is 3.90. The van der Waals surface area contributed by atoms with Crippen LogP contribution < -0.4 is 5.43 Å². The highest BCUT2D eigenvalue weighted by atomic mass is 35.5. The van der Waals surface area contributed by atoms with Gasteiger partial charge in [-0.15, -0.1) is 10.2 Å². The minimum absolute atomic E-state index is 0.0284. The zero-order valence-electron chi connectivity index (χ0n) is 12.4. The Morgan fingerprint density at radius 1 is 1.09 bits per heavy atom. The van der Waals surface area contributed by atoms with Crippen LogP contribution in [0.2, 0.25) is 5.02 Å². The molecule has 1 fully saturated rings. The molecule has 1 saturated heterocycles. The van der Waals surface area contributed by atoms with Gasteiger partial charge in [-0.1, -0.05) is 11.6 Å². The number of piperidine rings is 1. The maximum Gasteiger partial charge on any atom is 0.253 e. The van der Waals surface area contributed by atoms with E-state index in [4.69, 9.17) is 11.6 Å². The highest BCUT2D eigenvalue weighted by Crippen LogP contribution is 2.20. The summed E-state index contributed by atoms with van der Waals surface area (Å²) in [5.74, 6) is -0.227. The number of rotatable bonds is 3. The third kappa shape index (κ3) is 3.68. The quantitative estimate of drug-likeness (QED) is 0.924. The van der Waals surface area contributed by atoms with Crippen LogP contribution in [0.15, 0.2) is 36.9 Å². The van der Waals surface area contributed by atoms with E-state index in [0.29, 0.717) is 36.5 Å². The van der Waals surface area contributed by atoms with Crippen LogP contribution >= 0.6 is 11.6 Å². The summed E-state index contributed by atoms with van der Waals surface area (Å²) < 4.78 is 1.42. The molecule has 1 aliphatic rings. The second kappa shape index (κ2) is 6.78. The van der Waals surface area contributed by atoms with E-state index >= 15 is 0 Å².